The number of aromatic nitrogens is 3. The smallest absolute Gasteiger partial charge is 0.221 e. The molecule has 0 aromatic carbocycles. The van der Waals surface area contributed by atoms with Crippen LogP contribution in [0.25, 0.3) is 0 Å². The zero-order valence-electron chi connectivity index (χ0n) is 9.04. The summed E-state index contributed by atoms with van der Waals surface area (Å²) in [7, 11) is 1.95. The molecule has 2 heterocycles. The lowest BCUT2D eigenvalue weighted by Gasteiger charge is -2.17. The lowest BCUT2D eigenvalue weighted by Crippen LogP contribution is -2.18. The summed E-state index contributed by atoms with van der Waals surface area (Å²) in [5.74, 6) is 1.09. The quantitative estimate of drug-likeness (QED) is 0.830. The highest BCUT2D eigenvalue weighted by Gasteiger charge is 2.03. The average Bonchev–Trinajstić information content (AvgIpc) is 2.30. The molecule has 0 aliphatic carbocycles. The van der Waals surface area contributed by atoms with Crippen molar-refractivity contribution in [2.24, 2.45) is 0 Å². The van der Waals surface area contributed by atoms with E-state index >= 15 is 0 Å². The Bertz CT molecular complexity index is 457. The number of nitrogen functional groups attached to an aromatic ring is 1. The Labute approximate surface area is 94.0 Å². The van der Waals surface area contributed by atoms with Crippen LogP contribution in [0.5, 0.6) is 0 Å². The van der Waals surface area contributed by atoms with Gasteiger partial charge in [0.1, 0.15) is 5.82 Å². The molecule has 2 N–H and O–H groups in total. The van der Waals surface area contributed by atoms with Crippen LogP contribution in [0.3, 0.4) is 0 Å². The molecular formula is C11H13N5. The van der Waals surface area contributed by atoms with Crippen molar-refractivity contribution in [1.82, 2.24) is 15.0 Å². The van der Waals surface area contributed by atoms with Gasteiger partial charge in [-0.15, -0.1) is 0 Å². The number of rotatable bonds is 3. The molecule has 2 rings (SSSR count). The van der Waals surface area contributed by atoms with E-state index in [0.29, 0.717) is 0 Å². The van der Waals surface area contributed by atoms with Gasteiger partial charge in [0.2, 0.25) is 5.95 Å². The zero-order valence-corrected chi connectivity index (χ0v) is 9.04. The molecule has 0 saturated heterocycles. The molecule has 5 nitrogen and oxygen atoms in total. The first kappa shape index (κ1) is 10.4. The molecule has 0 saturated carbocycles. The minimum Gasteiger partial charge on any atom is -0.368 e. The number of nitrogens with two attached hydrogens (primary N) is 1. The summed E-state index contributed by atoms with van der Waals surface area (Å²) < 4.78 is 0. The topological polar surface area (TPSA) is 67.9 Å². The molecule has 2 aromatic rings. The number of nitrogens with zero attached hydrogens (tertiary/aromatic N) is 4. The minimum absolute atomic E-state index is 0.288. The highest BCUT2D eigenvalue weighted by molar-refractivity contribution is 5.40. The molecule has 0 atom stereocenters. The second kappa shape index (κ2) is 4.57. The molecule has 0 aliphatic rings. The molecule has 5 heteroatoms. The third kappa shape index (κ3) is 2.44. The Balaban J connectivity index is 2.12. The van der Waals surface area contributed by atoms with Gasteiger partial charge >= 0.3 is 0 Å². The highest BCUT2D eigenvalue weighted by Crippen LogP contribution is 2.11. The van der Waals surface area contributed by atoms with Gasteiger partial charge in [-0.3, -0.25) is 4.98 Å². The summed E-state index contributed by atoms with van der Waals surface area (Å²) >= 11 is 0. The van der Waals surface area contributed by atoms with Crippen LogP contribution in [-0.4, -0.2) is 22.0 Å². The van der Waals surface area contributed by atoms with Crippen molar-refractivity contribution in [2.45, 2.75) is 6.54 Å². The molecule has 82 valence electrons. The first-order valence-corrected chi connectivity index (χ1v) is 4.94. The van der Waals surface area contributed by atoms with E-state index in [4.69, 9.17) is 5.73 Å². The van der Waals surface area contributed by atoms with Gasteiger partial charge in [0.15, 0.2) is 0 Å². The monoisotopic (exact) mass is 215 g/mol. The summed E-state index contributed by atoms with van der Waals surface area (Å²) in [5.41, 5.74) is 6.66. The number of hydrogen-bond acceptors (Lipinski definition) is 5. The highest BCUT2D eigenvalue weighted by atomic mass is 15.2. The Hall–Kier alpha value is -2.17. The van der Waals surface area contributed by atoms with Crippen LogP contribution in [0, 0.1) is 0 Å². The van der Waals surface area contributed by atoms with Gasteiger partial charge in [-0.05, 0) is 17.7 Å². The van der Waals surface area contributed by atoms with Gasteiger partial charge in [-0.2, -0.15) is 4.98 Å². The molecule has 0 unspecified atom stereocenters. The lowest BCUT2D eigenvalue weighted by molar-refractivity contribution is 0.888. The number of pyridine rings is 1. The molecule has 0 fully saturated rings. The third-order valence-electron chi connectivity index (χ3n) is 2.19. The fraction of sp³-hybridized carbons (Fsp3) is 0.182. The van der Waals surface area contributed by atoms with Gasteiger partial charge < -0.3 is 10.6 Å². The van der Waals surface area contributed by atoms with Crippen LogP contribution < -0.4 is 10.6 Å². The maximum Gasteiger partial charge on any atom is 0.221 e. The van der Waals surface area contributed by atoms with Crippen molar-refractivity contribution >= 4 is 11.8 Å². The predicted octanol–water partition coefficient (Wildman–Crippen LogP) is 1.09. The van der Waals surface area contributed by atoms with Gasteiger partial charge in [-0.1, -0.05) is 6.07 Å². The normalized spacial score (nSPS) is 10.1. The van der Waals surface area contributed by atoms with Crippen molar-refractivity contribution in [3.05, 3.63) is 42.4 Å². The molecule has 0 aliphatic heterocycles. The predicted molar refractivity (Wildman–Crippen MR) is 62.8 cm³/mol. The third-order valence-corrected chi connectivity index (χ3v) is 2.19. The van der Waals surface area contributed by atoms with Gasteiger partial charge in [0.25, 0.3) is 0 Å². The summed E-state index contributed by atoms with van der Waals surface area (Å²) in [4.78, 5) is 14.1. The maximum atomic E-state index is 5.53. The minimum atomic E-state index is 0.288. The summed E-state index contributed by atoms with van der Waals surface area (Å²) in [6.45, 7) is 0.740. The van der Waals surface area contributed by atoms with E-state index in [-0.39, 0.29) is 5.95 Å². The van der Waals surface area contributed by atoms with E-state index in [1.807, 2.05) is 36.3 Å². The van der Waals surface area contributed by atoms with Gasteiger partial charge in [0, 0.05) is 32.2 Å². The molecule has 0 radical (unpaired) electrons. The first-order valence-electron chi connectivity index (χ1n) is 4.94. The van der Waals surface area contributed by atoms with E-state index in [1.165, 1.54) is 0 Å². The fourth-order valence-corrected chi connectivity index (χ4v) is 1.42. The number of hydrogen-bond donors (Lipinski definition) is 1. The Morgan fingerprint density at radius 1 is 1.31 bits per heavy atom. The average molecular weight is 215 g/mol. The molecule has 16 heavy (non-hydrogen) atoms. The standard InChI is InChI=1S/C11H13N5/c1-16(8-9-3-2-5-13-7-9)10-4-6-14-11(12)15-10/h2-7H,8H2,1H3,(H2,12,14,15). The van der Waals surface area contributed by atoms with Crippen LogP contribution in [0.2, 0.25) is 0 Å². The lowest BCUT2D eigenvalue weighted by atomic mass is 10.3. The van der Waals surface area contributed by atoms with Crippen molar-refractivity contribution in [3.8, 4) is 0 Å². The van der Waals surface area contributed by atoms with Crippen molar-refractivity contribution in [1.29, 1.82) is 0 Å². The second-order valence-electron chi connectivity index (χ2n) is 3.49. The van der Waals surface area contributed by atoms with Gasteiger partial charge in [-0.25, -0.2) is 4.98 Å². The van der Waals surface area contributed by atoms with Crippen LogP contribution in [-0.2, 0) is 6.54 Å². The summed E-state index contributed by atoms with van der Waals surface area (Å²) in [6.07, 6.45) is 5.24. The van der Waals surface area contributed by atoms with Crippen molar-refractivity contribution in [2.75, 3.05) is 17.7 Å². The van der Waals surface area contributed by atoms with E-state index in [2.05, 4.69) is 15.0 Å². The Morgan fingerprint density at radius 2 is 2.19 bits per heavy atom. The molecule has 0 spiro atoms. The summed E-state index contributed by atoms with van der Waals surface area (Å²) in [6, 6.07) is 5.76. The van der Waals surface area contributed by atoms with Crippen molar-refractivity contribution in [3.63, 3.8) is 0 Å². The van der Waals surface area contributed by atoms with Gasteiger partial charge in [0.05, 0.1) is 0 Å². The van der Waals surface area contributed by atoms with Crippen molar-refractivity contribution < 1.29 is 0 Å². The molecule has 0 bridgehead atoms. The molecule has 2 aromatic heterocycles. The molecule has 0 amide bonds. The van der Waals surface area contributed by atoms with Crippen LogP contribution in [0.1, 0.15) is 5.56 Å². The van der Waals surface area contributed by atoms with E-state index < -0.39 is 0 Å². The zero-order chi connectivity index (χ0) is 11.4. The maximum absolute atomic E-state index is 5.53. The largest absolute Gasteiger partial charge is 0.368 e. The Morgan fingerprint density at radius 3 is 2.88 bits per heavy atom. The first-order chi connectivity index (χ1) is 7.75. The van der Waals surface area contributed by atoms with E-state index in [0.717, 1.165) is 17.9 Å². The van der Waals surface area contributed by atoms with Crippen LogP contribution >= 0.6 is 0 Å². The van der Waals surface area contributed by atoms with E-state index in [9.17, 15) is 0 Å². The molecular weight excluding hydrogens is 202 g/mol. The fourth-order valence-electron chi connectivity index (χ4n) is 1.42. The van der Waals surface area contributed by atoms with E-state index in [1.54, 1.807) is 12.4 Å². The SMILES string of the molecule is CN(Cc1cccnc1)c1ccnc(N)n1. The Kier molecular flexibility index (Phi) is 2.95. The van der Waals surface area contributed by atoms with Crippen LogP contribution in [0.15, 0.2) is 36.8 Å². The summed E-state index contributed by atoms with van der Waals surface area (Å²) in [5, 5.41) is 0. The second-order valence-corrected chi connectivity index (χ2v) is 3.49. The van der Waals surface area contributed by atoms with Crippen LogP contribution in [0.4, 0.5) is 11.8 Å². The number of anilines is 2.